The second-order valence-corrected chi connectivity index (χ2v) is 7.61. The van der Waals surface area contributed by atoms with Gasteiger partial charge in [-0.25, -0.2) is 4.98 Å². The summed E-state index contributed by atoms with van der Waals surface area (Å²) in [4.78, 5) is 42.5. The Bertz CT molecular complexity index is 1100. The molecule has 1 aromatic carbocycles. The second-order valence-electron chi connectivity index (χ2n) is 6.52. The number of aromatic nitrogens is 2. The fraction of sp³-hybridized carbons (Fsp3) is 0.263. The number of carbonyl (C=O) groups is 2. The molecule has 0 radical (unpaired) electrons. The monoisotopic (exact) mass is 382 g/mol. The molecule has 27 heavy (non-hydrogen) atoms. The molecule has 138 valence electrons. The highest BCUT2D eigenvalue weighted by Crippen LogP contribution is 2.34. The first kappa shape index (κ1) is 17.4. The van der Waals surface area contributed by atoms with Gasteiger partial charge in [0.2, 0.25) is 11.8 Å². The van der Waals surface area contributed by atoms with Crippen molar-refractivity contribution in [2.24, 2.45) is 0 Å². The van der Waals surface area contributed by atoms with E-state index < -0.39 is 0 Å². The van der Waals surface area contributed by atoms with E-state index in [0.717, 1.165) is 29.7 Å². The Morgan fingerprint density at radius 2 is 1.85 bits per heavy atom. The molecule has 0 bridgehead atoms. The van der Waals surface area contributed by atoms with Gasteiger partial charge < -0.3 is 10.6 Å². The summed E-state index contributed by atoms with van der Waals surface area (Å²) in [6.07, 6.45) is 4.42. The molecule has 0 atom stereocenters. The molecule has 3 aromatic rings. The minimum atomic E-state index is -0.308. The molecule has 0 saturated carbocycles. The van der Waals surface area contributed by atoms with Gasteiger partial charge in [-0.05, 0) is 49.1 Å². The van der Waals surface area contributed by atoms with Crippen LogP contribution < -0.4 is 16.2 Å². The zero-order chi connectivity index (χ0) is 19.0. The predicted molar refractivity (Wildman–Crippen MR) is 105 cm³/mol. The smallest absolute Gasteiger partial charge is 0.262 e. The molecule has 2 N–H and O–H groups in total. The molecular weight excluding hydrogens is 364 g/mol. The number of hydrogen-bond donors (Lipinski definition) is 2. The topological polar surface area (TPSA) is 93.1 Å². The molecule has 0 spiro atoms. The lowest BCUT2D eigenvalue weighted by Crippen LogP contribution is -2.28. The third-order valence-corrected chi connectivity index (χ3v) is 5.69. The van der Waals surface area contributed by atoms with E-state index in [9.17, 15) is 14.4 Å². The summed E-state index contributed by atoms with van der Waals surface area (Å²) in [5.74, 6) is -0.466. The average molecular weight is 382 g/mol. The molecule has 2 heterocycles. The van der Waals surface area contributed by atoms with Gasteiger partial charge in [0.15, 0.2) is 0 Å². The molecular formula is C19H18N4O3S. The van der Waals surface area contributed by atoms with Crippen molar-refractivity contribution < 1.29 is 9.59 Å². The van der Waals surface area contributed by atoms with Crippen LogP contribution in [0.2, 0.25) is 0 Å². The molecule has 0 unspecified atom stereocenters. The Labute approximate surface area is 159 Å². The van der Waals surface area contributed by atoms with Gasteiger partial charge >= 0.3 is 0 Å². The van der Waals surface area contributed by atoms with Gasteiger partial charge in [-0.2, -0.15) is 0 Å². The van der Waals surface area contributed by atoms with Gasteiger partial charge in [0.05, 0.1) is 11.7 Å². The Hall–Kier alpha value is -3.00. The fourth-order valence-corrected chi connectivity index (χ4v) is 4.55. The highest BCUT2D eigenvalue weighted by Gasteiger charge is 2.21. The Kier molecular flexibility index (Phi) is 4.49. The number of benzene rings is 1. The maximum Gasteiger partial charge on any atom is 0.262 e. The normalized spacial score (nSPS) is 12.8. The molecule has 0 fully saturated rings. The second kappa shape index (κ2) is 6.96. The molecule has 0 aliphatic heterocycles. The van der Waals surface area contributed by atoms with E-state index in [0.29, 0.717) is 16.8 Å². The maximum absolute atomic E-state index is 12.8. The minimum Gasteiger partial charge on any atom is -0.326 e. The summed E-state index contributed by atoms with van der Waals surface area (Å²) in [7, 11) is 0. The molecule has 2 amide bonds. The molecule has 1 aliphatic carbocycles. The number of amides is 2. The number of hydrogen-bond acceptors (Lipinski definition) is 5. The van der Waals surface area contributed by atoms with Crippen LogP contribution in [0.25, 0.3) is 10.2 Å². The Morgan fingerprint density at radius 3 is 2.56 bits per heavy atom. The number of aryl methyl sites for hydroxylation is 2. The summed E-state index contributed by atoms with van der Waals surface area (Å²) in [6, 6.07) is 6.79. The van der Waals surface area contributed by atoms with Crippen molar-refractivity contribution in [1.29, 1.82) is 0 Å². The van der Waals surface area contributed by atoms with Crippen molar-refractivity contribution in [1.82, 2.24) is 9.55 Å². The first-order valence-corrected chi connectivity index (χ1v) is 9.50. The first-order chi connectivity index (χ1) is 13.0. The number of anilines is 2. The lowest BCUT2D eigenvalue weighted by atomic mass is 10.2. The zero-order valence-electron chi connectivity index (χ0n) is 14.7. The van der Waals surface area contributed by atoms with Crippen LogP contribution in [0, 0.1) is 0 Å². The van der Waals surface area contributed by atoms with E-state index >= 15 is 0 Å². The van der Waals surface area contributed by atoms with Crippen molar-refractivity contribution in [2.45, 2.75) is 32.7 Å². The molecule has 2 aromatic heterocycles. The van der Waals surface area contributed by atoms with Crippen LogP contribution in [0.4, 0.5) is 11.4 Å². The van der Waals surface area contributed by atoms with E-state index in [2.05, 4.69) is 15.6 Å². The summed E-state index contributed by atoms with van der Waals surface area (Å²) < 4.78 is 1.36. The van der Waals surface area contributed by atoms with Crippen molar-refractivity contribution in [3.05, 3.63) is 51.4 Å². The SMILES string of the molecule is CC(=O)Nc1ccc(NC(=O)Cn2cnc3sc4c(c3c2=O)CCC4)cc1. The average Bonchev–Trinajstić information content (AvgIpc) is 3.19. The van der Waals surface area contributed by atoms with Crippen LogP contribution in [0.1, 0.15) is 23.8 Å². The van der Waals surface area contributed by atoms with E-state index in [1.165, 1.54) is 22.7 Å². The molecule has 1 aliphatic rings. The standard InChI is InChI=1S/C19H18N4O3S/c1-11(24)21-12-5-7-13(8-6-12)22-16(25)9-23-10-20-18-17(19(23)26)14-3-2-4-15(14)27-18/h5-8,10H,2-4,9H2,1H3,(H,21,24)(H,22,25). The van der Waals surface area contributed by atoms with E-state index in [1.807, 2.05) is 0 Å². The minimum absolute atomic E-state index is 0.0974. The number of thiophene rings is 1. The Morgan fingerprint density at radius 1 is 1.15 bits per heavy atom. The van der Waals surface area contributed by atoms with Gasteiger partial charge in [-0.1, -0.05) is 0 Å². The van der Waals surface area contributed by atoms with Crippen LogP contribution >= 0.6 is 11.3 Å². The maximum atomic E-state index is 12.8. The van der Waals surface area contributed by atoms with Crippen molar-refractivity contribution >= 4 is 44.7 Å². The van der Waals surface area contributed by atoms with E-state index in [4.69, 9.17) is 0 Å². The predicted octanol–water partition coefficient (Wildman–Crippen LogP) is 2.54. The van der Waals surface area contributed by atoms with Gasteiger partial charge in [0.1, 0.15) is 11.4 Å². The number of fused-ring (bicyclic) bond motifs is 3. The number of nitrogens with zero attached hydrogens (tertiary/aromatic N) is 2. The summed E-state index contributed by atoms with van der Waals surface area (Å²) in [5, 5.41) is 6.09. The summed E-state index contributed by atoms with van der Waals surface area (Å²) in [6.45, 7) is 1.33. The van der Waals surface area contributed by atoms with Gasteiger partial charge in [0, 0.05) is 23.2 Å². The van der Waals surface area contributed by atoms with Crippen molar-refractivity contribution in [3.8, 4) is 0 Å². The summed E-state index contributed by atoms with van der Waals surface area (Å²) in [5.41, 5.74) is 2.19. The van der Waals surface area contributed by atoms with Crippen LogP contribution in [0.3, 0.4) is 0 Å². The Balaban J connectivity index is 1.50. The quantitative estimate of drug-likeness (QED) is 0.725. The van der Waals surface area contributed by atoms with E-state index in [-0.39, 0.29) is 23.9 Å². The van der Waals surface area contributed by atoms with Crippen LogP contribution in [0.5, 0.6) is 0 Å². The molecule has 4 rings (SSSR count). The van der Waals surface area contributed by atoms with Gasteiger partial charge in [-0.3, -0.25) is 19.0 Å². The molecule has 7 nitrogen and oxygen atoms in total. The van der Waals surface area contributed by atoms with Crippen LogP contribution in [-0.2, 0) is 29.0 Å². The highest BCUT2D eigenvalue weighted by molar-refractivity contribution is 7.18. The molecule has 8 heteroatoms. The number of nitrogens with one attached hydrogen (secondary N) is 2. The molecule has 0 saturated heterocycles. The fourth-order valence-electron chi connectivity index (χ4n) is 3.33. The lowest BCUT2D eigenvalue weighted by molar-refractivity contribution is -0.117. The first-order valence-electron chi connectivity index (χ1n) is 8.68. The largest absolute Gasteiger partial charge is 0.326 e. The van der Waals surface area contributed by atoms with Crippen molar-refractivity contribution in [3.63, 3.8) is 0 Å². The third kappa shape index (κ3) is 3.48. The number of rotatable bonds is 4. The summed E-state index contributed by atoms with van der Waals surface area (Å²) >= 11 is 1.58. The van der Waals surface area contributed by atoms with Crippen molar-refractivity contribution in [2.75, 3.05) is 10.6 Å². The van der Waals surface area contributed by atoms with Crippen LogP contribution in [0.15, 0.2) is 35.4 Å². The number of carbonyl (C=O) groups excluding carboxylic acids is 2. The van der Waals surface area contributed by atoms with Gasteiger partial charge in [-0.15, -0.1) is 11.3 Å². The highest BCUT2D eigenvalue weighted by atomic mass is 32.1. The van der Waals surface area contributed by atoms with E-state index in [1.54, 1.807) is 35.6 Å². The van der Waals surface area contributed by atoms with Crippen LogP contribution in [-0.4, -0.2) is 21.4 Å². The van der Waals surface area contributed by atoms with Gasteiger partial charge in [0.25, 0.3) is 5.56 Å². The zero-order valence-corrected chi connectivity index (χ0v) is 15.6. The third-order valence-electron chi connectivity index (χ3n) is 4.49. The lowest BCUT2D eigenvalue weighted by Gasteiger charge is -2.08.